The van der Waals surface area contributed by atoms with Crippen LogP contribution in [0.4, 0.5) is 0 Å². The lowest BCUT2D eigenvalue weighted by molar-refractivity contribution is 0.0956. The molecule has 3 heteroatoms. The van der Waals surface area contributed by atoms with Gasteiger partial charge in [-0.3, -0.25) is 4.79 Å². The fourth-order valence-electron chi connectivity index (χ4n) is 1.96. The Balaban J connectivity index is 1.88. The molecule has 0 bridgehead atoms. The van der Waals surface area contributed by atoms with Gasteiger partial charge in [0.15, 0.2) is 0 Å². The molecule has 1 aromatic carbocycles. The molecule has 0 radical (unpaired) electrons. The third kappa shape index (κ3) is 3.70. The number of halogens is 1. The second-order valence-corrected chi connectivity index (χ2v) is 5.21. The molecule has 0 saturated heterocycles. The first-order chi connectivity index (χ1) is 8.25. The van der Waals surface area contributed by atoms with Crippen molar-refractivity contribution in [1.82, 2.24) is 5.32 Å². The van der Waals surface area contributed by atoms with Crippen molar-refractivity contribution in [2.75, 3.05) is 6.54 Å². The molecule has 0 saturated carbocycles. The first-order valence-corrected chi connectivity index (χ1v) is 6.77. The maximum absolute atomic E-state index is 11.8. The normalized spacial score (nSPS) is 15.2. The lowest BCUT2D eigenvalue weighted by Gasteiger charge is -2.13. The summed E-state index contributed by atoms with van der Waals surface area (Å²) in [6.07, 6.45) is 7.07. The van der Waals surface area contributed by atoms with Gasteiger partial charge in [0.2, 0.25) is 0 Å². The maximum Gasteiger partial charge on any atom is 0.251 e. The zero-order chi connectivity index (χ0) is 12.1. The molecule has 1 aliphatic rings. The quantitative estimate of drug-likeness (QED) is 0.847. The molecule has 0 atom stereocenters. The van der Waals surface area contributed by atoms with Gasteiger partial charge in [-0.05, 0) is 49.9 Å². The Kier molecular flexibility index (Phi) is 4.37. The largest absolute Gasteiger partial charge is 0.348 e. The van der Waals surface area contributed by atoms with E-state index >= 15 is 0 Å². The average molecular weight is 294 g/mol. The SMILES string of the molecule is O=C(NCC1=CCCCC1)c1ccc(Br)cc1. The molecule has 1 aliphatic carbocycles. The van der Waals surface area contributed by atoms with Crippen LogP contribution >= 0.6 is 15.9 Å². The minimum absolute atomic E-state index is 0.00368. The van der Waals surface area contributed by atoms with Gasteiger partial charge in [0, 0.05) is 16.6 Å². The highest BCUT2D eigenvalue weighted by Gasteiger charge is 2.07. The van der Waals surface area contributed by atoms with E-state index in [1.165, 1.54) is 18.4 Å². The minimum Gasteiger partial charge on any atom is -0.348 e. The molecule has 0 unspecified atom stereocenters. The summed E-state index contributed by atoms with van der Waals surface area (Å²) in [6.45, 7) is 0.689. The van der Waals surface area contributed by atoms with Crippen LogP contribution in [0.25, 0.3) is 0 Å². The summed E-state index contributed by atoms with van der Waals surface area (Å²) in [5.41, 5.74) is 2.08. The zero-order valence-electron chi connectivity index (χ0n) is 9.71. The summed E-state index contributed by atoms with van der Waals surface area (Å²) < 4.78 is 0.990. The van der Waals surface area contributed by atoms with Gasteiger partial charge in [-0.1, -0.05) is 27.6 Å². The van der Waals surface area contributed by atoms with Crippen LogP contribution in [0.3, 0.4) is 0 Å². The van der Waals surface area contributed by atoms with E-state index < -0.39 is 0 Å². The molecule has 1 amide bonds. The lowest BCUT2D eigenvalue weighted by Crippen LogP contribution is -2.26. The Morgan fingerprint density at radius 1 is 1.24 bits per heavy atom. The molecule has 2 nitrogen and oxygen atoms in total. The highest BCUT2D eigenvalue weighted by Crippen LogP contribution is 2.16. The van der Waals surface area contributed by atoms with Crippen molar-refractivity contribution in [1.29, 1.82) is 0 Å². The highest BCUT2D eigenvalue weighted by atomic mass is 79.9. The van der Waals surface area contributed by atoms with Gasteiger partial charge < -0.3 is 5.32 Å². The number of amides is 1. The third-order valence-corrected chi connectivity index (χ3v) is 3.50. The topological polar surface area (TPSA) is 29.1 Å². The van der Waals surface area contributed by atoms with Crippen LogP contribution in [-0.2, 0) is 0 Å². The number of hydrogen-bond donors (Lipinski definition) is 1. The molecule has 2 rings (SSSR count). The van der Waals surface area contributed by atoms with E-state index in [0.29, 0.717) is 12.1 Å². The van der Waals surface area contributed by atoms with E-state index in [1.54, 1.807) is 0 Å². The van der Waals surface area contributed by atoms with Crippen molar-refractivity contribution in [3.63, 3.8) is 0 Å². The molecular weight excluding hydrogens is 278 g/mol. The van der Waals surface area contributed by atoms with Crippen LogP contribution in [0.15, 0.2) is 40.4 Å². The second-order valence-electron chi connectivity index (χ2n) is 4.30. The first kappa shape index (κ1) is 12.4. The molecule has 90 valence electrons. The third-order valence-electron chi connectivity index (χ3n) is 2.97. The van der Waals surface area contributed by atoms with Gasteiger partial charge in [0.25, 0.3) is 5.91 Å². The molecule has 0 aliphatic heterocycles. The van der Waals surface area contributed by atoms with E-state index in [4.69, 9.17) is 0 Å². The van der Waals surface area contributed by atoms with Crippen molar-refractivity contribution in [2.45, 2.75) is 25.7 Å². The zero-order valence-corrected chi connectivity index (χ0v) is 11.3. The van der Waals surface area contributed by atoms with E-state index in [-0.39, 0.29) is 5.91 Å². The first-order valence-electron chi connectivity index (χ1n) is 5.97. The number of benzene rings is 1. The average Bonchev–Trinajstić information content (AvgIpc) is 2.38. The molecular formula is C14H16BrNO. The Hall–Kier alpha value is -1.09. The summed E-state index contributed by atoms with van der Waals surface area (Å²) in [5, 5.41) is 2.97. The van der Waals surface area contributed by atoms with Gasteiger partial charge >= 0.3 is 0 Å². The summed E-state index contributed by atoms with van der Waals surface area (Å²) in [5.74, 6) is 0.00368. The standard InChI is InChI=1S/C14H16BrNO/c15-13-8-6-12(7-9-13)14(17)16-10-11-4-2-1-3-5-11/h4,6-9H,1-3,5,10H2,(H,16,17). The molecule has 0 aromatic heterocycles. The van der Waals surface area contributed by atoms with Gasteiger partial charge in [-0.15, -0.1) is 0 Å². The number of carbonyl (C=O) groups is 1. The second kappa shape index (κ2) is 6.01. The number of allylic oxidation sites excluding steroid dienone is 1. The van der Waals surface area contributed by atoms with Crippen molar-refractivity contribution in [2.24, 2.45) is 0 Å². The number of nitrogens with one attached hydrogen (secondary N) is 1. The molecule has 0 spiro atoms. The fourth-order valence-corrected chi connectivity index (χ4v) is 2.23. The van der Waals surface area contributed by atoms with E-state index in [2.05, 4.69) is 27.3 Å². The predicted octanol–water partition coefficient (Wildman–Crippen LogP) is 3.68. The summed E-state index contributed by atoms with van der Waals surface area (Å²) in [7, 11) is 0. The summed E-state index contributed by atoms with van der Waals surface area (Å²) >= 11 is 3.36. The van der Waals surface area contributed by atoms with Crippen LogP contribution < -0.4 is 5.32 Å². The van der Waals surface area contributed by atoms with Crippen molar-refractivity contribution >= 4 is 21.8 Å². The van der Waals surface area contributed by atoms with Crippen LogP contribution in [0, 0.1) is 0 Å². The molecule has 1 aromatic rings. The fraction of sp³-hybridized carbons (Fsp3) is 0.357. The van der Waals surface area contributed by atoms with Gasteiger partial charge in [-0.25, -0.2) is 0 Å². The Morgan fingerprint density at radius 3 is 2.65 bits per heavy atom. The van der Waals surface area contributed by atoms with Gasteiger partial charge in [0.1, 0.15) is 0 Å². The number of carbonyl (C=O) groups excluding carboxylic acids is 1. The Morgan fingerprint density at radius 2 is 2.00 bits per heavy atom. The number of hydrogen-bond acceptors (Lipinski definition) is 1. The van der Waals surface area contributed by atoms with Crippen LogP contribution in [0.2, 0.25) is 0 Å². The maximum atomic E-state index is 11.8. The van der Waals surface area contributed by atoms with Crippen LogP contribution in [0.1, 0.15) is 36.0 Å². The van der Waals surface area contributed by atoms with E-state index in [0.717, 1.165) is 17.3 Å². The van der Waals surface area contributed by atoms with Gasteiger partial charge in [-0.2, -0.15) is 0 Å². The Bertz CT molecular complexity index is 422. The van der Waals surface area contributed by atoms with Crippen LogP contribution in [0.5, 0.6) is 0 Å². The number of rotatable bonds is 3. The van der Waals surface area contributed by atoms with E-state index in [1.807, 2.05) is 24.3 Å². The predicted molar refractivity (Wildman–Crippen MR) is 73.0 cm³/mol. The van der Waals surface area contributed by atoms with Crippen LogP contribution in [-0.4, -0.2) is 12.5 Å². The summed E-state index contributed by atoms with van der Waals surface area (Å²) in [4.78, 5) is 11.8. The minimum atomic E-state index is 0.00368. The molecule has 0 fully saturated rings. The van der Waals surface area contributed by atoms with E-state index in [9.17, 15) is 4.79 Å². The smallest absolute Gasteiger partial charge is 0.251 e. The van der Waals surface area contributed by atoms with Gasteiger partial charge in [0.05, 0.1) is 0 Å². The van der Waals surface area contributed by atoms with Crippen molar-refractivity contribution in [3.8, 4) is 0 Å². The molecule has 0 heterocycles. The van der Waals surface area contributed by atoms with Crippen molar-refractivity contribution < 1.29 is 4.79 Å². The highest BCUT2D eigenvalue weighted by molar-refractivity contribution is 9.10. The summed E-state index contributed by atoms with van der Waals surface area (Å²) in [6, 6.07) is 7.42. The monoisotopic (exact) mass is 293 g/mol. The Labute approximate surface area is 110 Å². The van der Waals surface area contributed by atoms with Crippen molar-refractivity contribution in [3.05, 3.63) is 46.0 Å². The molecule has 17 heavy (non-hydrogen) atoms. The molecule has 1 N–H and O–H groups in total. The lowest BCUT2D eigenvalue weighted by atomic mass is 9.99.